The number of H-pyrrole nitrogens is 1. The Bertz CT molecular complexity index is 947. The summed E-state index contributed by atoms with van der Waals surface area (Å²) in [4.78, 5) is 26.6. The maximum absolute atomic E-state index is 13.2. The van der Waals surface area contributed by atoms with E-state index in [1.807, 2.05) is 13.0 Å². The van der Waals surface area contributed by atoms with Crippen LogP contribution < -0.4 is 10.9 Å². The van der Waals surface area contributed by atoms with Gasteiger partial charge in [-0.1, -0.05) is 19.1 Å². The molecular weight excluding hydrogens is 295 g/mol. The molecule has 1 heterocycles. The van der Waals surface area contributed by atoms with Gasteiger partial charge >= 0.3 is 0 Å². The van der Waals surface area contributed by atoms with Crippen molar-refractivity contribution in [1.82, 2.24) is 4.98 Å². The van der Waals surface area contributed by atoms with Crippen molar-refractivity contribution < 1.29 is 9.18 Å². The van der Waals surface area contributed by atoms with Crippen LogP contribution in [-0.2, 0) is 6.42 Å². The second kappa shape index (κ2) is 6.04. The lowest BCUT2D eigenvalue weighted by Gasteiger charge is -2.08. The number of anilines is 1. The van der Waals surface area contributed by atoms with Gasteiger partial charge in [-0.25, -0.2) is 4.39 Å². The van der Waals surface area contributed by atoms with E-state index in [1.165, 1.54) is 24.3 Å². The van der Waals surface area contributed by atoms with Gasteiger partial charge in [0.15, 0.2) is 0 Å². The van der Waals surface area contributed by atoms with Crippen LogP contribution in [0.3, 0.4) is 0 Å². The Labute approximate surface area is 132 Å². The summed E-state index contributed by atoms with van der Waals surface area (Å²) in [6.45, 7) is 1.98. The monoisotopic (exact) mass is 310 g/mol. The van der Waals surface area contributed by atoms with Crippen molar-refractivity contribution in [3.63, 3.8) is 0 Å². The van der Waals surface area contributed by atoms with E-state index in [-0.39, 0.29) is 11.1 Å². The molecule has 0 atom stereocenters. The van der Waals surface area contributed by atoms with Gasteiger partial charge in [0.2, 0.25) is 5.56 Å². The van der Waals surface area contributed by atoms with E-state index in [9.17, 15) is 14.0 Å². The fourth-order valence-electron chi connectivity index (χ4n) is 2.54. The lowest BCUT2D eigenvalue weighted by molar-refractivity contribution is 0.102. The van der Waals surface area contributed by atoms with Gasteiger partial charge < -0.3 is 10.3 Å². The Balaban J connectivity index is 1.95. The largest absolute Gasteiger partial charge is 0.322 e. The number of amides is 1. The van der Waals surface area contributed by atoms with Gasteiger partial charge in [0.25, 0.3) is 5.91 Å². The van der Waals surface area contributed by atoms with Gasteiger partial charge in [-0.2, -0.15) is 0 Å². The molecule has 0 unspecified atom stereocenters. The van der Waals surface area contributed by atoms with Crippen LogP contribution in [0.1, 0.15) is 22.8 Å². The van der Waals surface area contributed by atoms with Crippen LogP contribution in [-0.4, -0.2) is 10.9 Å². The van der Waals surface area contributed by atoms with Crippen LogP contribution in [0, 0.1) is 5.82 Å². The van der Waals surface area contributed by atoms with Crippen LogP contribution in [0.4, 0.5) is 10.1 Å². The van der Waals surface area contributed by atoms with E-state index in [4.69, 9.17) is 0 Å². The molecule has 2 N–H and O–H groups in total. The van der Waals surface area contributed by atoms with Crippen LogP contribution >= 0.6 is 0 Å². The maximum Gasteiger partial charge on any atom is 0.255 e. The zero-order valence-corrected chi connectivity index (χ0v) is 12.5. The van der Waals surface area contributed by atoms with Crippen molar-refractivity contribution in [1.29, 1.82) is 0 Å². The molecule has 0 bridgehead atoms. The standard InChI is InChI=1S/C18H15FN2O2/c1-2-11-9-17(22)21-16-10-14(6-7-15(11)16)20-18(23)12-4-3-5-13(19)8-12/h3-10H,2H2,1H3,(H,20,23)(H,21,22). The average Bonchev–Trinajstić information content (AvgIpc) is 2.53. The van der Waals surface area contributed by atoms with Gasteiger partial charge in [-0.05, 0) is 42.3 Å². The molecule has 5 heteroatoms. The highest BCUT2D eigenvalue weighted by Crippen LogP contribution is 2.20. The Morgan fingerprint density at radius 2 is 2.00 bits per heavy atom. The van der Waals surface area contributed by atoms with E-state index in [2.05, 4.69) is 10.3 Å². The number of halogens is 1. The summed E-state index contributed by atoms with van der Waals surface area (Å²) < 4.78 is 13.2. The molecule has 0 aliphatic rings. The third kappa shape index (κ3) is 3.13. The third-order valence-electron chi connectivity index (χ3n) is 3.65. The van der Waals surface area contributed by atoms with Crippen LogP contribution in [0.2, 0.25) is 0 Å². The number of aromatic amines is 1. The number of pyridine rings is 1. The molecule has 4 nitrogen and oxygen atoms in total. The number of fused-ring (bicyclic) bond motifs is 1. The fourth-order valence-corrected chi connectivity index (χ4v) is 2.54. The Morgan fingerprint density at radius 3 is 2.74 bits per heavy atom. The predicted octanol–water partition coefficient (Wildman–Crippen LogP) is 3.48. The number of nitrogens with one attached hydrogen (secondary N) is 2. The molecule has 0 saturated carbocycles. The van der Waals surface area contributed by atoms with Gasteiger partial charge in [0.05, 0.1) is 5.52 Å². The summed E-state index contributed by atoms with van der Waals surface area (Å²) in [6.07, 6.45) is 0.745. The van der Waals surface area contributed by atoms with Gasteiger partial charge in [-0.15, -0.1) is 0 Å². The number of aryl methyl sites for hydroxylation is 1. The van der Waals surface area contributed by atoms with Gasteiger partial charge in [0.1, 0.15) is 5.82 Å². The minimum absolute atomic E-state index is 0.178. The van der Waals surface area contributed by atoms with Gasteiger partial charge in [0, 0.05) is 22.7 Å². The van der Waals surface area contributed by atoms with Crippen molar-refractivity contribution in [2.75, 3.05) is 5.32 Å². The fraction of sp³-hybridized carbons (Fsp3) is 0.111. The van der Waals surface area contributed by atoms with E-state index >= 15 is 0 Å². The minimum atomic E-state index is -0.465. The normalized spacial score (nSPS) is 10.7. The zero-order chi connectivity index (χ0) is 16.4. The van der Waals surface area contributed by atoms with Crippen molar-refractivity contribution in [2.24, 2.45) is 0 Å². The number of hydrogen-bond acceptors (Lipinski definition) is 2. The first kappa shape index (κ1) is 15.0. The van der Waals surface area contributed by atoms with Crippen molar-refractivity contribution >= 4 is 22.5 Å². The van der Waals surface area contributed by atoms with E-state index in [0.717, 1.165) is 17.4 Å². The molecule has 23 heavy (non-hydrogen) atoms. The topological polar surface area (TPSA) is 62.0 Å². The first-order valence-corrected chi connectivity index (χ1v) is 7.29. The zero-order valence-electron chi connectivity index (χ0n) is 12.5. The summed E-state index contributed by atoms with van der Waals surface area (Å²) in [5.41, 5.74) is 2.21. The Hall–Kier alpha value is -2.95. The molecule has 1 aromatic heterocycles. The minimum Gasteiger partial charge on any atom is -0.322 e. The van der Waals surface area contributed by atoms with Crippen molar-refractivity contribution in [2.45, 2.75) is 13.3 Å². The Morgan fingerprint density at radius 1 is 1.17 bits per heavy atom. The molecule has 3 rings (SSSR count). The molecule has 0 saturated heterocycles. The molecule has 0 aliphatic carbocycles. The summed E-state index contributed by atoms with van der Waals surface area (Å²) in [7, 11) is 0. The van der Waals surface area contributed by atoms with Crippen LogP contribution in [0.25, 0.3) is 10.9 Å². The molecule has 0 radical (unpaired) electrons. The second-order valence-corrected chi connectivity index (χ2v) is 5.24. The second-order valence-electron chi connectivity index (χ2n) is 5.24. The predicted molar refractivity (Wildman–Crippen MR) is 88.3 cm³/mol. The van der Waals surface area contributed by atoms with Crippen LogP contribution in [0.15, 0.2) is 53.3 Å². The number of benzene rings is 2. The van der Waals surface area contributed by atoms with Crippen molar-refractivity contribution in [3.05, 3.63) is 75.8 Å². The number of carbonyl (C=O) groups excluding carboxylic acids is 1. The van der Waals surface area contributed by atoms with E-state index in [1.54, 1.807) is 18.2 Å². The molecule has 3 aromatic rings. The molecular formula is C18H15FN2O2. The SMILES string of the molecule is CCc1cc(=O)[nH]c2cc(NC(=O)c3cccc(F)c3)ccc12. The summed E-state index contributed by atoms with van der Waals surface area (Å²) in [5, 5.41) is 3.65. The lowest BCUT2D eigenvalue weighted by atomic mass is 10.1. The molecule has 2 aromatic carbocycles. The smallest absolute Gasteiger partial charge is 0.255 e. The number of rotatable bonds is 3. The average molecular weight is 310 g/mol. The van der Waals surface area contributed by atoms with E-state index < -0.39 is 11.7 Å². The first-order chi connectivity index (χ1) is 11.1. The Kier molecular flexibility index (Phi) is 3.93. The third-order valence-corrected chi connectivity index (χ3v) is 3.65. The maximum atomic E-state index is 13.2. The molecule has 0 aliphatic heterocycles. The highest BCUT2D eigenvalue weighted by molar-refractivity contribution is 6.05. The summed E-state index contributed by atoms with van der Waals surface area (Å²) in [5.74, 6) is -0.870. The van der Waals surface area contributed by atoms with Crippen LogP contribution in [0.5, 0.6) is 0 Å². The number of aromatic nitrogens is 1. The highest BCUT2D eigenvalue weighted by atomic mass is 19.1. The lowest BCUT2D eigenvalue weighted by Crippen LogP contribution is -2.12. The quantitative estimate of drug-likeness (QED) is 0.778. The molecule has 1 amide bonds. The van der Waals surface area contributed by atoms with Gasteiger partial charge in [-0.3, -0.25) is 9.59 Å². The van der Waals surface area contributed by atoms with Crippen molar-refractivity contribution in [3.8, 4) is 0 Å². The first-order valence-electron chi connectivity index (χ1n) is 7.29. The summed E-state index contributed by atoms with van der Waals surface area (Å²) in [6, 6.07) is 12.4. The molecule has 116 valence electrons. The number of hydrogen-bond donors (Lipinski definition) is 2. The highest BCUT2D eigenvalue weighted by Gasteiger charge is 2.08. The number of carbonyl (C=O) groups is 1. The summed E-state index contributed by atoms with van der Waals surface area (Å²) >= 11 is 0. The van der Waals surface area contributed by atoms with E-state index in [0.29, 0.717) is 11.2 Å². The molecule has 0 fully saturated rings. The molecule has 0 spiro atoms.